The molecule has 5 nitrogen and oxygen atoms in total. The topological polar surface area (TPSA) is 54.7 Å². The number of hydrogen-bond donors (Lipinski definition) is 1. The van der Waals surface area contributed by atoms with Gasteiger partial charge in [-0.1, -0.05) is 6.92 Å². The predicted octanol–water partition coefficient (Wildman–Crippen LogP) is 3.45. The Morgan fingerprint density at radius 2 is 2.30 bits per heavy atom. The van der Waals surface area contributed by atoms with Crippen LogP contribution in [0.25, 0.3) is 0 Å². The zero-order valence-corrected chi connectivity index (χ0v) is 14.8. The second-order valence-electron chi connectivity index (χ2n) is 7.32. The predicted molar refractivity (Wildman–Crippen MR) is 90.4 cm³/mol. The maximum atomic E-state index is 12.2. The molecule has 2 atom stereocenters. The number of likely N-dealkylation sites (tertiary alicyclic amines) is 1. The third kappa shape index (κ3) is 5.57. The molecule has 0 aliphatic carbocycles. The third-order valence-corrected chi connectivity index (χ3v) is 4.10. The summed E-state index contributed by atoms with van der Waals surface area (Å²) >= 11 is 0. The monoisotopic (exact) mass is 322 g/mol. The van der Waals surface area contributed by atoms with Crippen LogP contribution in [0.1, 0.15) is 46.3 Å². The summed E-state index contributed by atoms with van der Waals surface area (Å²) in [7, 11) is 0. The lowest BCUT2D eigenvalue weighted by molar-refractivity contribution is 0.0285. The molecule has 1 fully saturated rings. The summed E-state index contributed by atoms with van der Waals surface area (Å²) in [5.74, 6) is 1.42. The van der Waals surface area contributed by atoms with Crippen LogP contribution in [0, 0.1) is 5.92 Å². The Bertz CT molecular complexity index is 479. The molecule has 0 spiro atoms. The summed E-state index contributed by atoms with van der Waals surface area (Å²) in [5.41, 5.74) is -0.441. The largest absolute Gasteiger partial charge is 0.469 e. The second kappa shape index (κ2) is 7.86. The van der Waals surface area contributed by atoms with E-state index in [4.69, 9.17) is 9.15 Å². The van der Waals surface area contributed by atoms with Gasteiger partial charge in [-0.15, -0.1) is 0 Å². The number of furan rings is 1. The molecule has 1 aromatic rings. The van der Waals surface area contributed by atoms with E-state index in [2.05, 4.69) is 12.2 Å². The van der Waals surface area contributed by atoms with Crippen LogP contribution in [0.15, 0.2) is 22.8 Å². The van der Waals surface area contributed by atoms with Crippen LogP contribution >= 0.6 is 0 Å². The lowest BCUT2D eigenvalue weighted by Crippen LogP contribution is -2.41. The number of ether oxygens (including phenoxy) is 1. The van der Waals surface area contributed by atoms with Crippen LogP contribution in [0.4, 0.5) is 4.79 Å². The average molecular weight is 322 g/mol. The molecule has 5 heteroatoms. The van der Waals surface area contributed by atoms with Crippen molar-refractivity contribution in [1.82, 2.24) is 10.2 Å². The fourth-order valence-corrected chi connectivity index (χ4v) is 2.99. The van der Waals surface area contributed by atoms with E-state index in [0.29, 0.717) is 12.0 Å². The number of nitrogens with one attached hydrogen (secondary N) is 1. The molecule has 0 aromatic carbocycles. The first-order valence-corrected chi connectivity index (χ1v) is 8.62. The highest BCUT2D eigenvalue weighted by Gasteiger charge is 2.34. The molecule has 1 aliphatic rings. The van der Waals surface area contributed by atoms with E-state index in [-0.39, 0.29) is 6.09 Å². The first kappa shape index (κ1) is 17.9. The zero-order valence-electron chi connectivity index (χ0n) is 14.8. The Balaban J connectivity index is 1.93. The summed E-state index contributed by atoms with van der Waals surface area (Å²) in [6.45, 7) is 10.4. The van der Waals surface area contributed by atoms with Gasteiger partial charge in [-0.3, -0.25) is 0 Å². The van der Waals surface area contributed by atoms with E-state index in [0.717, 1.165) is 44.7 Å². The van der Waals surface area contributed by atoms with E-state index in [1.165, 1.54) is 0 Å². The smallest absolute Gasteiger partial charge is 0.410 e. The van der Waals surface area contributed by atoms with Crippen molar-refractivity contribution in [2.75, 3.05) is 19.6 Å². The van der Waals surface area contributed by atoms with Crippen LogP contribution in [0.3, 0.4) is 0 Å². The fourth-order valence-electron chi connectivity index (χ4n) is 2.99. The highest BCUT2D eigenvalue weighted by molar-refractivity contribution is 5.68. The Labute approximate surface area is 139 Å². The molecule has 1 amide bonds. The summed E-state index contributed by atoms with van der Waals surface area (Å²) in [5, 5.41) is 3.62. The van der Waals surface area contributed by atoms with Crippen molar-refractivity contribution >= 4 is 6.09 Å². The minimum absolute atomic E-state index is 0.202. The molecule has 23 heavy (non-hydrogen) atoms. The summed E-state index contributed by atoms with van der Waals surface area (Å²) < 4.78 is 11.0. The van der Waals surface area contributed by atoms with Gasteiger partial charge in [0.15, 0.2) is 0 Å². The lowest BCUT2D eigenvalue weighted by Gasteiger charge is -2.26. The molecule has 1 N–H and O–H groups in total. The molecular formula is C18H30N2O3. The number of nitrogens with zero attached hydrogens (tertiary/aromatic N) is 1. The van der Waals surface area contributed by atoms with Gasteiger partial charge in [0.1, 0.15) is 11.4 Å². The van der Waals surface area contributed by atoms with Gasteiger partial charge in [0.25, 0.3) is 0 Å². The average Bonchev–Trinajstić information content (AvgIpc) is 3.12. The second-order valence-corrected chi connectivity index (χ2v) is 7.32. The molecule has 0 radical (unpaired) electrons. The number of carbonyl (C=O) groups excluding carboxylic acids is 1. The molecule has 0 bridgehead atoms. The van der Waals surface area contributed by atoms with Crippen molar-refractivity contribution in [1.29, 1.82) is 0 Å². The van der Waals surface area contributed by atoms with Crippen LogP contribution < -0.4 is 5.32 Å². The Morgan fingerprint density at radius 3 is 2.91 bits per heavy atom. The molecule has 130 valence electrons. The number of hydrogen-bond acceptors (Lipinski definition) is 4. The van der Waals surface area contributed by atoms with E-state index in [1.54, 1.807) is 6.26 Å². The molecule has 2 rings (SSSR count). The first-order chi connectivity index (χ1) is 10.9. The molecule has 2 unspecified atom stereocenters. The third-order valence-electron chi connectivity index (χ3n) is 4.10. The normalized spacial score (nSPS) is 19.8. The van der Waals surface area contributed by atoms with E-state index >= 15 is 0 Å². The van der Waals surface area contributed by atoms with Gasteiger partial charge in [0.05, 0.1) is 6.26 Å². The van der Waals surface area contributed by atoms with Crippen LogP contribution in [-0.2, 0) is 11.2 Å². The summed E-state index contributed by atoms with van der Waals surface area (Å²) in [6.07, 6.45) is 4.47. The molecule has 0 saturated carbocycles. The highest BCUT2D eigenvalue weighted by atomic mass is 16.6. The van der Waals surface area contributed by atoms with E-state index < -0.39 is 5.60 Å². The van der Waals surface area contributed by atoms with Gasteiger partial charge in [-0.25, -0.2) is 4.79 Å². The molecule has 1 saturated heterocycles. The summed E-state index contributed by atoms with van der Waals surface area (Å²) in [6, 6.07) is 4.27. The molecular weight excluding hydrogens is 292 g/mol. The van der Waals surface area contributed by atoms with E-state index in [9.17, 15) is 4.79 Å². The van der Waals surface area contributed by atoms with Gasteiger partial charge >= 0.3 is 6.09 Å². The van der Waals surface area contributed by atoms with Gasteiger partial charge in [0, 0.05) is 25.6 Å². The number of amides is 1. The van der Waals surface area contributed by atoms with Gasteiger partial charge in [0.2, 0.25) is 0 Å². The van der Waals surface area contributed by atoms with Crippen molar-refractivity contribution in [3.05, 3.63) is 24.2 Å². The SMILES string of the molecule is CCCNC(Cc1ccco1)C1CCN(C(=O)OC(C)(C)C)C1. The number of carbonyl (C=O) groups is 1. The van der Waals surface area contributed by atoms with Crippen LogP contribution in [0.5, 0.6) is 0 Å². The fraction of sp³-hybridized carbons (Fsp3) is 0.722. The van der Waals surface area contributed by atoms with Crippen molar-refractivity contribution < 1.29 is 13.9 Å². The molecule has 2 heterocycles. The molecule has 1 aromatic heterocycles. The maximum absolute atomic E-state index is 12.2. The minimum atomic E-state index is -0.441. The quantitative estimate of drug-likeness (QED) is 0.871. The van der Waals surface area contributed by atoms with Crippen LogP contribution in [-0.4, -0.2) is 42.3 Å². The Morgan fingerprint density at radius 1 is 1.52 bits per heavy atom. The van der Waals surface area contributed by atoms with E-state index in [1.807, 2.05) is 37.8 Å². The van der Waals surface area contributed by atoms with Gasteiger partial charge < -0.3 is 19.4 Å². The van der Waals surface area contributed by atoms with Crippen molar-refractivity contribution in [3.8, 4) is 0 Å². The van der Waals surface area contributed by atoms with Gasteiger partial charge in [-0.05, 0) is 58.2 Å². The lowest BCUT2D eigenvalue weighted by atomic mass is 9.95. The molecule has 1 aliphatic heterocycles. The Kier molecular flexibility index (Phi) is 6.10. The van der Waals surface area contributed by atoms with Crippen molar-refractivity contribution in [2.24, 2.45) is 5.92 Å². The maximum Gasteiger partial charge on any atom is 0.410 e. The summed E-state index contributed by atoms with van der Waals surface area (Å²) in [4.78, 5) is 14.1. The standard InChI is InChI=1S/C18H30N2O3/c1-5-9-19-16(12-15-7-6-11-22-15)14-8-10-20(13-14)17(21)23-18(2,3)4/h6-7,11,14,16,19H,5,8-10,12-13H2,1-4H3. The van der Waals surface area contributed by atoms with Crippen molar-refractivity contribution in [2.45, 2.75) is 58.6 Å². The first-order valence-electron chi connectivity index (χ1n) is 8.62. The number of rotatable bonds is 6. The van der Waals surface area contributed by atoms with Crippen molar-refractivity contribution in [3.63, 3.8) is 0 Å². The Hall–Kier alpha value is -1.49. The zero-order chi connectivity index (χ0) is 16.9. The van der Waals surface area contributed by atoms with Crippen LogP contribution in [0.2, 0.25) is 0 Å². The minimum Gasteiger partial charge on any atom is -0.469 e. The highest BCUT2D eigenvalue weighted by Crippen LogP contribution is 2.24. The van der Waals surface area contributed by atoms with Gasteiger partial charge in [-0.2, -0.15) is 0 Å².